The summed E-state index contributed by atoms with van der Waals surface area (Å²) in [4.78, 5) is 22.5. The molecule has 7 nitrogen and oxygen atoms in total. The standard InChI is InChI=1S/C28H32N6O/c1-4-29-26(35)33-12-10-28(18-33)11-13-34-24(28)15-23(32-34)19-14-21-22(17-31-25(21)30-16-19)27(2,3)20-8-6-5-7-9-20/h5-9,14-17H,4,10-13,18H2,1-3H3,(H,29,35)(H,30,31). The van der Waals surface area contributed by atoms with Crippen LogP contribution in [0, 0.1) is 0 Å². The number of amides is 2. The van der Waals surface area contributed by atoms with E-state index in [4.69, 9.17) is 10.1 Å². The molecule has 180 valence electrons. The van der Waals surface area contributed by atoms with E-state index in [0.717, 1.165) is 54.8 Å². The minimum atomic E-state index is -0.161. The molecule has 7 heteroatoms. The molecule has 1 atom stereocenters. The van der Waals surface area contributed by atoms with Crippen LogP contribution in [0.25, 0.3) is 22.3 Å². The van der Waals surface area contributed by atoms with Crippen molar-refractivity contribution in [2.24, 2.45) is 0 Å². The van der Waals surface area contributed by atoms with E-state index in [1.54, 1.807) is 0 Å². The van der Waals surface area contributed by atoms with Crippen LogP contribution in [0.1, 0.15) is 50.4 Å². The summed E-state index contributed by atoms with van der Waals surface area (Å²) in [6.45, 7) is 9.57. The van der Waals surface area contributed by atoms with Crippen molar-refractivity contribution in [3.8, 4) is 11.3 Å². The van der Waals surface area contributed by atoms with Crippen molar-refractivity contribution >= 4 is 17.1 Å². The summed E-state index contributed by atoms with van der Waals surface area (Å²) in [7, 11) is 0. The van der Waals surface area contributed by atoms with Crippen molar-refractivity contribution < 1.29 is 4.79 Å². The molecule has 1 fully saturated rings. The number of aromatic amines is 1. The van der Waals surface area contributed by atoms with Gasteiger partial charge in [-0.05, 0) is 43.0 Å². The maximum Gasteiger partial charge on any atom is 0.317 e. The van der Waals surface area contributed by atoms with E-state index in [0.29, 0.717) is 6.54 Å². The number of carbonyl (C=O) groups excluding carboxylic acids is 1. The molecule has 6 rings (SSSR count). The molecular formula is C28H32N6O. The molecule has 2 amide bonds. The van der Waals surface area contributed by atoms with E-state index in [2.05, 4.69) is 77.5 Å². The Balaban J connectivity index is 1.34. The number of pyridine rings is 1. The normalized spacial score (nSPS) is 19.6. The van der Waals surface area contributed by atoms with Crippen molar-refractivity contribution in [3.63, 3.8) is 0 Å². The highest BCUT2D eigenvalue weighted by molar-refractivity contribution is 5.85. The number of hydrogen-bond acceptors (Lipinski definition) is 3. The highest BCUT2D eigenvalue weighted by Crippen LogP contribution is 2.44. The van der Waals surface area contributed by atoms with Crippen LogP contribution in [-0.4, -0.2) is 50.3 Å². The van der Waals surface area contributed by atoms with Crippen molar-refractivity contribution in [2.75, 3.05) is 19.6 Å². The number of aryl methyl sites for hydroxylation is 1. The number of carbonyl (C=O) groups is 1. The van der Waals surface area contributed by atoms with Crippen LogP contribution in [0.4, 0.5) is 4.79 Å². The molecule has 5 heterocycles. The number of nitrogens with zero attached hydrogens (tertiary/aromatic N) is 4. The van der Waals surface area contributed by atoms with Gasteiger partial charge in [-0.1, -0.05) is 44.2 Å². The smallest absolute Gasteiger partial charge is 0.317 e. The van der Waals surface area contributed by atoms with Crippen molar-refractivity contribution in [3.05, 3.63) is 71.7 Å². The minimum absolute atomic E-state index is 0.00239. The Kier molecular flexibility index (Phi) is 4.99. The average Bonchev–Trinajstić information content (AvgIpc) is 3.64. The second-order valence-electron chi connectivity index (χ2n) is 10.5. The number of rotatable bonds is 4. The van der Waals surface area contributed by atoms with E-state index in [9.17, 15) is 4.79 Å². The highest BCUT2D eigenvalue weighted by atomic mass is 16.2. The van der Waals surface area contributed by atoms with Gasteiger partial charge in [0, 0.05) is 66.0 Å². The summed E-state index contributed by atoms with van der Waals surface area (Å²) in [5, 5.41) is 9.05. The van der Waals surface area contributed by atoms with Crippen LogP contribution in [-0.2, 0) is 17.4 Å². The van der Waals surface area contributed by atoms with Crippen LogP contribution in [0.3, 0.4) is 0 Å². The van der Waals surface area contributed by atoms with Gasteiger partial charge < -0.3 is 15.2 Å². The Morgan fingerprint density at radius 2 is 1.97 bits per heavy atom. The van der Waals surface area contributed by atoms with Gasteiger partial charge in [-0.3, -0.25) is 4.68 Å². The van der Waals surface area contributed by atoms with Crippen LogP contribution in [0.15, 0.2) is 54.9 Å². The predicted molar refractivity (Wildman–Crippen MR) is 137 cm³/mol. The number of nitrogens with one attached hydrogen (secondary N) is 2. The topological polar surface area (TPSA) is 78.8 Å². The summed E-state index contributed by atoms with van der Waals surface area (Å²) >= 11 is 0. The number of aromatic nitrogens is 4. The molecule has 1 saturated heterocycles. The van der Waals surface area contributed by atoms with E-state index >= 15 is 0 Å². The maximum atomic E-state index is 12.4. The molecule has 35 heavy (non-hydrogen) atoms. The van der Waals surface area contributed by atoms with Gasteiger partial charge in [-0.2, -0.15) is 5.10 Å². The Labute approximate surface area is 205 Å². The number of urea groups is 1. The van der Waals surface area contributed by atoms with Crippen LogP contribution < -0.4 is 5.32 Å². The second kappa shape index (κ2) is 7.97. The first-order valence-electron chi connectivity index (χ1n) is 12.6. The Morgan fingerprint density at radius 3 is 2.77 bits per heavy atom. The van der Waals surface area contributed by atoms with Gasteiger partial charge >= 0.3 is 6.03 Å². The zero-order valence-electron chi connectivity index (χ0n) is 20.6. The number of likely N-dealkylation sites (tertiary alicyclic amines) is 1. The lowest BCUT2D eigenvalue weighted by Crippen LogP contribution is -2.40. The minimum Gasteiger partial charge on any atom is -0.346 e. The average molecular weight is 469 g/mol. The third kappa shape index (κ3) is 3.44. The lowest BCUT2D eigenvalue weighted by molar-refractivity contribution is 0.206. The van der Waals surface area contributed by atoms with Gasteiger partial charge in [0.2, 0.25) is 0 Å². The van der Waals surface area contributed by atoms with E-state index in [1.165, 1.54) is 16.8 Å². The molecule has 3 aromatic heterocycles. The first-order valence-corrected chi connectivity index (χ1v) is 12.6. The van der Waals surface area contributed by atoms with Gasteiger partial charge in [0.05, 0.1) is 5.69 Å². The molecule has 2 N–H and O–H groups in total. The molecule has 1 unspecified atom stereocenters. The number of hydrogen-bond donors (Lipinski definition) is 2. The summed E-state index contributed by atoms with van der Waals surface area (Å²) < 4.78 is 2.15. The first-order chi connectivity index (χ1) is 16.9. The fourth-order valence-corrected chi connectivity index (χ4v) is 6.00. The molecule has 1 aromatic carbocycles. The van der Waals surface area contributed by atoms with Gasteiger partial charge in [0.25, 0.3) is 0 Å². The van der Waals surface area contributed by atoms with E-state index in [1.807, 2.05) is 18.0 Å². The van der Waals surface area contributed by atoms with Crippen LogP contribution in [0.5, 0.6) is 0 Å². The van der Waals surface area contributed by atoms with Crippen molar-refractivity contribution in [1.29, 1.82) is 0 Å². The molecule has 0 bridgehead atoms. The monoisotopic (exact) mass is 468 g/mol. The van der Waals surface area contributed by atoms with Crippen molar-refractivity contribution in [1.82, 2.24) is 30.0 Å². The molecular weight excluding hydrogens is 436 g/mol. The molecule has 1 spiro atoms. The number of fused-ring (bicyclic) bond motifs is 3. The van der Waals surface area contributed by atoms with E-state index < -0.39 is 0 Å². The molecule has 2 aliphatic heterocycles. The van der Waals surface area contributed by atoms with Gasteiger partial charge in [0.1, 0.15) is 5.65 Å². The molecule has 0 saturated carbocycles. The highest BCUT2D eigenvalue weighted by Gasteiger charge is 2.46. The molecule has 0 radical (unpaired) electrons. The quantitative estimate of drug-likeness (QED) is 0.450. The van der Waals surface area contributed by atoms with Gasteiger partial charge in [-0.25, -0.2) is 9.78 Å². The first kappa shape index (κ1) is 21.9. The third-order valence-corrected chi connectivity index (χ3v) is 8.09. The zero-order valence-corrected chi connectivity index (χ0v) is 20.6. The zero-order chi connectivity index (χ0) is 24.2. The maximum absolute atomic E-state index is 12.4. The number of benzene rings is 1. The molecule has 0 aliphatic carbocycles. The lowest BCUT2D eigenvalue weighted by atomic mass is 9.78. The number of H-pyrrole nitrogens is 1. The molecule has 2 aliphatic rings. The van der Waals surface area contributed by atoms with Crippen LogP contribution >= 0.6 is 0 Å². The third-order valence-electron chi connectivity index (χ3n) is 8.09. The summed E-state index contributed by atoms with van der Waals surface area (Å²) in [6, 6.07) is 15.1. The fourth-order valence-electron chi connectivity index (χ4n) is 6.00. The Hall–Kier alpha value is -3.61. The van der Waals surface area contributed by atoms with E-state index in [-0.39, 0.29) is 16.9 Å². The largest absolute Gasteiger partial charge is 0.346 e. The summed E-state index contributed by atoms with van der Waals surface area (Å²) in [5.41, 5.74) is 6.46. The Morgan fingerprint density at radius 1 is 1.17 bits per heavy atom. The fraction of sp³-hybridized carbons (Fsp3) is 0.393. The van der Waals surface area contributed by atoms with Crippen LogP contribution in [0.2, 0.25) is 0 Å². The van der Waals surface area contributed by atoms with Gasteiger partial charge in [0.15, 0.2) is 0 Å². The predicted octanol–water partition coefficient (Wildman–Crippen LogP) is 4.83. The second-order valence-corrected chi connectivity index (χ2v) is 10.5. The Bertz CT molecular complexity index is 1400. The van der Waals surface area contributed by atoms with Gasteiger partial charge in [-0.15, -0.1) is 0 Å². The summed E-state index contributed by atoms with van der Waals surface area (Å²) in [6.07, 6.45) is 6.03. The molecule has 4 aromatic rings. The lowest BCUT2D eigenvalue weighted by Gasteiger charge is -2.25. The van der Waals surface area contributed by atoms with Crippen molar-refractivity contribution in [2.45, 2.75) is 51.0 Å². The summed E-state index contributed by atoms with van der Waals surface area (Å²) in [5.74, 6) is 0. The SMILES string of the molecule is CCNC(=O)N1CCC2(CCn3nc(-c4cnc5[nH]cc(C(C)(C)c6ccccc6)c5c4)cc32)C1.